The minimum absolute atomic E-state index is 0.912. The van der Waals surface area contributed by atoms with Gasteiger partial charge < -0.3 is 4.42 Å². The fraction of sp³-hybridized carbons (Fsp3) is 0. The predicted molar refractivity (Wildman–Crippen MR) is 190 cm³/mol. The Balaban J connectivity index is 1.46. The lowest BCUT2D eigenvalue weighted by Gasteiger charge is -2.22. The van der Waals surface area contributed by atoms with Crippen molar-refractivity contribution in [1.82, 2.24) is 0 Å². The van der Waals surface area contributed by atoms with Crippen LogP contribution in [0.15, 0.2) is 174 Å². The molecule has 0 aliphatic heterocycles. The van der Waals surface area contributed by atoms with Crippen molar-refractivity contribution in [3.05, 3.63) is 170 Å². The molecule has 0 saturated heterocycles. The highest BCUT2D eigenvalue weighted by Gasteiger charge is 2.23. The van der Waals surface area contributed by atoms with E-state index in [9.17, 15) is 0 Å². The van der Waals surface area contributed by atoms with Crippen molar-refractivity contribution in [1.29, 1.82) is 0 Å². The molecule has 0 N–H and O–H groups in total. The van der Waals surface area contributed by atoms with Crippen molar-refractivity contribution in [2.24, 2.45) is 0 Å². The molecule has 0 saturated carbocycles. The number of hydrogen-bond acceptors (Lipinski definition) is 1. The monoisotopic (exact) mass is 572 g/mol. The van der Waals surface area contributed by atoms with E-state index in [0.29, 0.717) is 0 Å². The highest BCUT2D eigenvalue weighted by Crippen LogP contribution is 2.50. The summed E-state index contributed by atoms with van der Waals surface area (Å²) in [6, 6.07) is 60.9. The molecule has 1 nitrogen and oxygen atoms in total. The molecule has 1 heteroatoms. The summed E-state index contributed by atoms with van der Waals surface area (Å²) in [6.07, 6.45) is 0. The van der Waals surface area contributed by atoms with E-state index in [1.165, 1.54) is 60.5 Å². The van der Waals surface area contributed by atoms with Crippen molar-refractivity contribution < 1.29 is 4.42 Å². The van der Waals surface area contributed by atoms with E-state index in [1.807, 2.05) is 6.07 Å². The number of furan rings is 1. The summed E-state index contributed by atoms with van der Waals surface area (Å²) in [5.74, 6) is 0. The summed E-state index contributed by atoms with van der Waals surface area (Å²) in [4.78, 5) is 0. The first-order chi connectivity index (χ1) is 22.4. The molecule has 45 heavy (non-hydrogen) atoms. The normalized spacial score (nSPS) is 11.6. The van der Waals surface area contributed by atoms with E-state index in [0.717, 1.165) is 27.5 Å². The molecule has 1 heterocycles. The molecule has 0 atom stereocenters. The Labute approximate surface area is 261 Å². The molecule has 9 rings (SSSR count). The van der Waals surface area contributed by atoms with Crippen molar-refractivity contribution in [2.75, 3.05) is 0 Å². The van der Waals surface area contributed by atoms with E-state index >= 15 is 0 Å². The maximum atomic E-state index is 6.60. The third-order valence-corrected chi connectivity index (χ3v) is 9.09. The van der Waals surface area contributed by atoms with Gasteiger partial charge in [-0.05, 0) is 61.0 Å². The fourth-order valence-electron chi connectivity index (χ4n) is 7.17. The number of para-hydroxylation sites is 2. The number of rotatable bonds is 4. The zero-order valence-electron chi connectivity index (χ0n) is 24.6. The molecule has 0 radical (unpaired) electrons. The van der Waals surface area contributed by atoms with Crippen LogP contribution in [0.2, 0.25) is 0 Å². The summed E-state index contributed by atoms with van der Waals surface area (Å²) in [5, 5.41) is 7.15. The van der Waals surface area contributed by atoms with Gasteiger partial charge in [0.05, 0.1) is 0 Å². The Morgan fingerprint density at radius 2 is 0.689 bits per heavy atom. The predicted octanol–water partition coefficient (Wildman–Crippen LogP) is 12.6. The molecule has 9 aromatic rings. The Hall–Kier alpha value is -5.92. The first-order valence-corrected chi connectivity index (χ1v) is 15.4. The Kier molecular flexibility index (Phi) is 5.89. The second-order valence-electron chi connectivity index (χ2n) is 11.6. The fourth-order valence-corrected chi connectivity index (χ4v) is 7.17. The largest absolute Gasteiger partial charge is 0.455 e. The van der Waals surface area contributed by atoms with E-state index in [4.69, 9.17) is 4.42 Å². The van der Waals surface area contributed by atoms with Gasteiger partial charge in [-0.2, -0.15) is 0 Å². The van der Waals surface area contributed by atoms with Crippen LogP contribution in [-0.4, -0.2) is 0 Å². The molecule has 0 amide bonds. The number of hydrogen-bond donors (Lipinski definition) is 0. The molecule has 0 aliphatic carbocycles. The van der Waals surface area contributed by atoms with Gasteiger partial charge in [-0.25, -0.2) is 0 Å². The summed E-state index contributed by atoms with van der Waals surface area (Å²) in [7, 11) is 0. The van der Waals surface area contributed by atoms with Crippen molar-refractivity contribution in [2.45, 2.75) is 0 Å². The van der Waals surface area contributed by atoms with Crippen LogP contribution < -0.4 is 0 Å². The van der Waals surface area contributed by atoms with Gasteiger partial charge in [0.2, 0.25) is 0 Å². The maximum Gasteiger partial charge on any atom is 0.143 e. The average molecular weight is 573 g/mol. The highest BCUT2D eigenvalue weighted by atomic mass is 16.3. The van der Waals surface area contributed by atoms with Gasteiger partial charge in [0, 0.05) is 21.9 Å². The summed E-state index contributed by atoms with van der Waals surface area (Å²) in [6.45, 7) is 0. The average Bonchev–Trinajstić information content (AvgIpc) is 3.50. The summed E-state index contributed by atoms with van der Waals surface area (Å²) in [5.41, 5.74) is 11.5. The van der Waals surface area contributed by atoms with Gasteiger partial charge in [-0.3, -0.25) is 0 Å². The lowest BCUT2D eigenvalue weighted by Crippen LogP contribution is -1.95. The van der Waals surface area contributed by atoms with Gasteiger partial charge in [-0.1, -0.05) is 164 Å². The quantitative estimate of drug-likeness (QED) is 0.191. The molecule has 210 valence electrons. The lowest BCUT2D eigenvalue weighted by molar-refractivity contribution is 0.670. The molecular weight excluding hydrogens is 544 g/mol. The van der Waals surface area contributed by atoms with Crippen molar-refractivity contribution in [3.63, 3.8) is 0 Å². The smallest absolute Gasteiger partial charge is 0.143 e. The van der Waals surface area contributed by atoms with Crippen LogP contribution in [0.4, 0.5) is 0 Å². The molecular formula is C44H28O. The minimum Gasteiger partial charge on any atom is -0.455 e. The van der Waals surface area contributed by atoms with Crippen LogP contribution in [0.1, 0.15) is 0 Å². The van der Waals surface area contributed by atoms with Gasteiger partial charge in [-0.15, -0.1) is 0 Å². The Bertz CT molecular complexity index is 2410. The van der Waals surface area contributed by atoms with Gasteiger partial charge in [0.25, 0.3) is 0 Å². The van der Waals surface area contributed by atoms with Gasteiger partial charge in [0.1, 0.15) is 11.2 Å². The Morgan fingerprint density at radius 3 is 1.27 bits per heavy atom. The van der Waals surface area contributed by atoms with E-state index < -0.39 is 0 Å². The van der Waals surface area contributed by atoms with Crippen LogP contribution in [0, 0.1) is 0 Å². The van der Waals surface area contributed by atoms with Gasteiger partial charge >= 0.3 is 0 Å². The SMILES string of the molecule is c1ccc(-c2cccc(-c3ccccc3)c2-c2c3ccccc3c(-c3cccc4c3oc3ccccc34)c3ccccc23)cc1. The molecule has 0 aliphatic rings. The minimum atomic E-state index is 0.912. The molecule has 8 aromatic carbocycles. The topological polar surface area (TPSA) is 13.1 Å². The second kappa shape index (κ2) is 10.4. The van der Waals surface area contributed by atoms with E-state index in [2.05, 4.69) is 164 Å². The molecule has 0 spiro atoms. The van der Waals surface area contributed by atoms with E-state index in [1.54, 1.807) is 0 Å². The highest BCUT2D eigenvalue weighted by molar-refractivity contribution is 6.26. The Morgan fingerprint density at radius 1 is 0.267 bits per heavy atom. The standard InChI is InChI=1S/C44H28O/c1-3-15-29(16-4-1)31-24-13-25-32(30-17-5-2-6-18-30)42(31)43-36-22-9-7-20-34(36)41(35-21-8-10-23-37(35)43)39-27-14-26-38-33-19-11-12-28-40(33)45-44(38)39/h1-28H. The molecule has 0 unspecified atom stereocenters. The van der Waals surface area contributed by atoms with Crippen LogP contribution >= 0.6 is 0 Å². The lowest BCUT2D eigenvalue weighted by atomic mass is 9.81. The zero-order chi connectivity index (χ0) is 29.7. The van der Waals surface area contributed by atoms with E-state index in [-0.39, 0.29) is 0 Å². The summed E-state index contributed by atoms with van der Waals surface area (Å²) < 4.78 is 6.60. The number of benzene rings is 8. The third-order valence-electron chi connectivity index (χ3n) is 9.09. The van der Waals surface area contributed by atoms with Crippen LogP contribution in [-0.2, 0) is 0 Å². The van der Waals surface area contributed by atoms with Crippen LogP contribution in [0.25, 0.3) is 88.0 Å². The molecule has 0 fully saturated rings. The zero-order valence-corrected chi connectivity index (χ0v) is 24.6. The van der Waals surface area contributed by atoms with Crippen LogP contribution in [0.3, 0.4) is 0 Å². The number of fused-ring (bicyclic) bond motifs is 5. The first-order valence-electron chi connectivity index (χ1n) is 15.4. The van der Waals surface area contributed by atoms with Crippen molar-refractivity contribution in [3.8, 4) is 44.5 Å². The van der Waals surface area contributed by atoms with Crippen molar-refractivity contribution >= 4 is 43.5 Å². The molecule has 0 bridgehead atoms. The summed E-state index contributed by atoms with van der Waals surface area (Å²) >= 11 is 0. The first kappa shape index (κ1) is 25.6. The molecule has 1 aromatic heterocycles. The van der Waals surface area contributed by atoms with Crippen LogP contribution in [0.5, 0.6) is 0 Å². The van der Waals surface area contributed by atoms with Gasteiger partial charge in [0.15, 0.2) is 0 Å². The maximum absolute atomic E-state index is 6.60. The second-order valence-corrected chi connectivity index (χ2v) is 11.6. The third kappa shape index (κ3) is 4.02.